The number of carboxylic acid groups (broad SMARTS) is 1. The fourth-order valence-corrected chi connectivity index (χ4v) is 7.78. The zero-order valence-electron chi connectivity index (χ0n) is 28.1. The number of aromatic nitrogens is 4. The number of imidazole rings is 2. The lowest BCUT2D eigenvalue weighted by Gasteiger charge is -2.30. The van der Waals surface area contributed by atoms with Crippen molar-refractivity contribution in [3.8, 4) is 33.6 Å². The zero-order chi connectivity index (χ0) is 34.5. The van der Waals surface area contributed by atoms with Gasteiger partial charge in [0.15, 0.2) is 0 Å². The Labute approximate surface area is 285 Å². The van der Waals surface area contributed by atoms with Crippen LogP contribution < -0.4 is 5.32 Å². The molecule has 2 aliphatic carbocycles. The highest BCUT2D eigenvalue weighted by molar-refractivity contribution is 5.87. The number of rotatable bonds is 9. The Hall–Kier alpha value is -4.97. The predicted octanol–water partition coefficient (Wildman–Crippen LogP) is 6.16. The number of carbonyl (C=O) groups is 3. The van der Waals surface area contributed by atoms with Gasteiger partial charge in [0.05, 0.1) is 43.0 Å². The molecule has 1 saturated heterocycles. The number of aromatic amines is 2. The molecule has 3 heterocycles. The monoisotopic (exact) mass is 668 g/mol. The third-order valence-corrected chi connectivity index (χ3v) is 10.4. The van der Waals surface area contributed by atoms with Crippen LogP contribution in [0, 0.1) is 11.8 Å². The molecule has 12 heteroatoms. The second-order valence-electron chi connectivity index (χ2n) is 13.1. The van der Waals surface area contributed by atoms with Crippen LogP contribution in [0.2, 0.25) is 0 Å². The molecule has 0 radical (unpaired) electrons. The van der Waals surface area contributed by atoms with Crippen molar-refractivity contribution < 1.29 is 29.0 Å². The summed E-state index contributed by atoms with van der Waals surface area (Å²) in [5, 5.41) is 9.52. The molecule has 12 nitrogen and oxygen atoms in total. The first-order valence-electron chi connectivity index (χ1n) is 16.9. The van der Waals surface area contributed by atoms with E-state index in [1.165, 1.54) is 39.9 Å². The number of methoxy groups -OCH3 is 2. The number of carbonyl (C=O) groups excluding carboxylic acids is 2. The summed E-state index contributed by atoms with van der Waals surface area (Å²) in [4.78, 5) is 52.1. The number of likely N-dealkylation sites (tertiary alicyclic amines) is 1. The van der Waals surface area contributed by atoms with E-state index in [1.807, 2.05) is 12.4 Å². The number of fused-ring (bicyclic) bond motifs is 2. The smallest absolute Gasteiger partial charge is 0.407 e. The van der Waals surface area contributed by atoms with Crippen LogP contribution in [-0.4, -0.2) is 81.3 Å². The molecule has 2 saturated carbocycles. The number of benzene rings is 2. The van der Waals surface area contributed by atoms with E-state index in [1.54, 1.807) is 11.8 Å². The topological polar surface area (TPSA) is 163 Å². The van der Waals surface area contributed by atoms with Gasteiger partial charge in [-0.1, -0.05) is 55.0 Å². The van der Waals surface area contributed by atoms with Gasteiger partial charge in [0, 0.05) is 19.6 Å². The Morgan fingerprint density at radius 3 is 2.00 bits per heavy atom. The molecule has 3 fully saturated rings. The summed E-state index contributed by atoms with van der Waals surface area (Å²) in [5.74, 6) is 3.98. The molecule has 2 amide bonds. The third kappa shape index (κ3) is 7.24. The van der Waals surface area contributed by atoms with Gasteiger partial charge in [0.25, 0.3) is 6.47 Å². The van der Waals surface area contributed by atoms with Gasteiger partial charge < -0.3 is 34.8 Å². The van der Waals surface area contributed by atoms with Gasteiger partial charge in [0.2, 0.25) is 5.91 Å². The van der Waals surface area contributed by atoms with Crippen LogP contribution in [0.5, 0.6) is 0 Å². The SMILES string of the molecule is COC(=O)NC(C(=O)N1CCCC1c1ncc(-c2ccc(-c3ccc(-c4cnc(C5CC6CCC5C6)[nH]4)cc3)cc2)[nH]1)C(C)OC.O=CO. The van der Waals surface area contributed by atoms with Crippen LogP contribution >= 0.6 is 0 Å². The fourth-order valence-electron chi connectivity index (χ4n) is 7.78. The van der Waals surface area contributed by atoms with E-state index in [0.29, 0.717) is 12.5 Å². The van der Waals surface area contributed by atoms with Crippen molar-refractivity contribution in [2.75, 3.05) is 20.8 Å². The summed E-state index contributed by atoms with van der Waals surface area (Å²) in [5.41, 5.74) is 6.41. The number of amides is 2. The maximum Gasteiger partial charge on any atom is 0.407 e. The summed E-state index contributed by atoms with van der Waals surface area (Å²) in [6, 6.07) is 16.0. The van der Waals surface area contributed by atoms with E-state index in [9.17, 15) is 9.59 Å². The van der Waals surface area contributed by atoms with E-state index in [2.05, 4.69) is 68.8 Å². The highest BCUT2D eigenvalue weighted by Gasteiger charge is 2.41. The first-order valence-corrected chi connectivity index (χ1v) is 16.9. The van der Waals surface area contributed by atoms with Crippen LogP contribution in [0.1, 0.15) is 69.1 Å². The molecule has 2 bridgehead atoms. The lowest BCUT2D eigenvalue weighted by atomic mass is 9.88. The van der Waals surface area contributed by atoms with Crippen LogP contribution in [-0.2, 0) is 19.1 Å². The van der Waals surface area contributed by atoms with E-state index in [-0.39, 0.29) is 18.4 Å². The Bertz CT molecular complexity index is 1730. The predicted molar refractivity (Wildman–Crippen MR) is 183 cm³/mol. The highest BCUT2D eigenvalue weighted by Crippen LogP contribution is 2.52. The van der Waals surface area contributed by atoms with Crippen LogP contribution in [0.4, 0.5) is 4.79 Å². The quantitative estimate of drug-likeness (QED) is 0.154. The molecule has 7 rings (SSSR count). The summed E-state index contributed by atoms with van der Waals surface area (Å²) in [7, 11) is 2.79. The lowest BCUT2D eigenvalue weighted by molar-refractivity contribution is -0.137. The second-order valence-corrected chi connectivity index (χ2v) is 13.1. The average Bonchev–Trinajstić information content (AvgIpc) is 3.99. The summed E-state index contributed by atoms with van der Waals surface area (Å²) in [6.07, 6.45) is 9.65. The first-order chi connectivity index (χ1) is 23.8. The van der Waals surface area contributed by atoms with Crippen molar-refractivity contribution in [3.63, 3.8) is 0 Å². The molecule has 4 N–H and O–H groups in total. The highest BCUT2D eigenvalue weighted by atomic mass is 16.5. The van der Waals surface area contributed by atoms with Gasteiger partial charge in [-0.3, -0.25) is 9.59 Å². The zero-order valence-corrected chi connectivity index (χ0v) is 28.1. The summed E-state index contributed by atoms with van der Waals surface area (Å²) < 4.78 is 10.1. The molecule has 6 atom stereocenters. The molecule has 4 aromatic rings. The van der Waals surface area contributed by atoms with Crippen molar-refractivity contribution in [2.24, 2.45) is 11.8 Å². The Balaban J connectivity index is 0.00000134. The van der Waals surface area contributed by atoms with Crippen LogP contribution in [0.25, 0.3) is 33.6 Å². The van der Waals surface area contributed by atoms with Crippen molar-refractivity contribution in [1.29, 1.82) is 0 Å². The summed E-state index contributed by atoms with van der Waals surface area (Å²) >= 11 is 0. The number of H-pyrrole nitrogens is 2. The third-order valence-electron chi connectivity index (χ3n) is 10.4. The number of hydrogen-bond acceptors (Lipinski definition) is 7. The van der Waals surface area contributed by atoms with E-state index in [0.717, 1.165) is 70.0 Å². The van der Waals surface area contributed by atoms with E-state index in [4.69, 9.17) is 24.4 Å². The van der Waals surface area contributed by atoms with Gasteiger partial charge in [-0.2, -0.15) is 0 Å². The molecule has 258 valence electrons. The van der Waals surface area contributed by atoms with Crippen molar-refractivity contribution in [1.82, 2.24) is 30.2 Å². The molecule has 49 heavy (non-hydrogen) atoms. The molecule has 1 aliphatic heterocycles. The molecular formula is C37H44N6O6. The Morgan fingerprint density at radius 2 is 1.47 bits per heavy atom. The van der Waals surface area contributed by atoms with Crippen LogP contribution in [0.15, 0.2) is 60.9 Å². The summed E-state index contributed by atoms with van der Waals surface area (Å²) in [6.45, 7) is 2.08. The number of nitrogens with one attached hydrogen (secondary N) is 3. The average molecular weight is 669 g/mol. The maximum absolute atomic E-state index is 13.5. The normalized spacial score (nSPS) is 22.2. The van der Waals surface area contributed by atoms with Gasteiger partial charge in [-0.05, 0) is 73.1 Å². The Morgan fingerprint density at radius 1 is 0.898 bits per heavy atom. The minimum absolute atomic E-state index is 0.218. The molecule has 6 unspecified atom stereocenters. The molecule has 2 aromatic carbocycles. The maximum atomic E-state index is 13.5. The number of hydrogen-bond donors (Lipinski definition) is 4. The molecule has 3 aliphatic rings. The fraction of sp³-hybridized carbons (Fsp3) is 0.432. The number of nitrogens with zero attached hydrogens (tertiary/aromatic N) is 3. The van der Waals surface area contributed by atoms with Crippen LogP contribution in [0.3, 0.4) is 0 Å². The van der Waals surface area contributed by atoms with Gasteiger partial charge >= 0.3 is 6.09 Å². The van der Waals surface area contributed by atoms with Gasteiger partial charge in [0.1, 0.15) is 17.7 Å². The number of alkyl carbamates (subject to hydrolysis) is 1. The van der Waals surface area contributed by atoms with Gasteiger partial charge in [-0.15, -0.1) is 0 Å². The molecule has 2 aromatic heterocycles. The largest absolute Gasteiger partial charge is 0.483 e. The standard InChI is InChI=1S/C36H42N6O4.CH2O2/c1-21(45-2)32(41-36(44)46-3)35(43)42-16-4-5-31(42)34-38-20-30(40-34)26-14-10-24(11-15-26)23-8-12-25(13-9-23)29-19-37-33(39-29)28-18-22-6-7-27(28)17-22;2-1-3/h8-15,19-22,27-28,31-32H,4-7,16-18H2,1-3H3,(H,37,39)(H,38,40)(H,41,44);1H,(H,2,3). The van der Waals surface area contributed by atoms with Crippen molar-refractivity contribution in [2.45, 2.75) is 69.6 Å². The Kier molecular flexibility index (Phi) is 10.4. The van der Waals surface area contributed by atoms with E-state index < -0.39 is 18.2 Å². The second kappa shape index (κ2) is 15.1. The minimum atomic E-state index is -0.863. The van der Waals surface area contributed by atoms with E-state index >= 15 is 0 Å². The number of ether oxygens (including phenoxy) is 2. The molecule has 0 spiro atoms. The van der Waals surface area contributed by atoms with Crippen molar-refractivity contribution >= 4 is 18.5 Å². The lowest BCUT2D eigenvalue weighted by Crippen LogP contribution is -2.54. The minimum Gasteiger partial charge on any atom is -0.483 e. The van der Waals surface area contributed by atoms with Crippen molar-refractivity contribution in [3.05, 3.63) is 72.6 Å². The molecular weight excluding hydrogens is 624 g/mol. The van der Waals surface area contributed by atoms with Gasteiger partial charge in [-0.25, -0.2) is 14.8 Å². The first kappa shape index (κ1) is 33.9.